The molecule has 4 nitrogen and oxygen atoms in total. The second-order valence-corrected chi connectivity index (χ2v) is 4.73. The minimum Gasteiger partial charge on any atom is -0.497 e. The van der Waals surface area contributed by atoms with Crippen LogP contribution in [-0.2, 0) is 0 Å². The van der Waals surface area contributed by atoms with Crippen molar-refractivity contribution in [3.05, 3.63) is 17.7 Å². The lowest BCUT2D eigenvalue weighted by Crippen LogP contribution is -2.39. The number of nitrogens with one attached hydrogen (secondary N) is 1. The summed E-state index contributed by atoms with van der Waals surface area (Å²) in [5.74, 6) is 1.55. The summed E-state index contributed by atoms with van der Waals surface area (Å²) >= 11 is 0. The Labute approximate surface area is 103 Å². The van der Waals surface area contributed by atoms with Gasteiger partial charge in [-0.2, -0.15) is 0 Å². The number of rotatable bonds is 5. The normalized spacial score (nSPS) is 11.2. The number of hydrogen-bond donors (Lipinski definition) is 2. The van der Waals surface area contributed by atoms with E-state index in [1.165, 1.54) is 0 Å². The van der Waals surface area contributed by atoms with E-state index in [-0.39, 0.29) is 5.54 Å². The summed E-state index contributed by atoms with van der Waals surface area (Å²) in [5, 5.41) is 3.40. The van der Waals surface area contributed by atoms with Gasteiger partial charge in [-0.1, -0.05) is 0 Å². The van der Waals surface area contributed by atoms with E-state index in [4.69, 9.17) is 15.2 Å². The molecule has 0 amide bonds. The molecule has 0 bridgehead atoms. The molecule has 1 aromatic rings. The molecular weight excluding hydrogens is 216 g/mol. The quantitative estimate of drug-likeness (QED) is 0.825. The molecule has 0 unspecified atom stereocenters. The molecule has 4 heteroatoms. The van der Waals surface area contributed by atoms with Crippen molar-refractivity contribution in [1.82, 2.24) is 0 Å². The average molecular weight is 238 g/mol. The molecule has 0 atom stereocenters. The summed E-state index contributed by atoms with van der Waals surface area (Å²) in [5.41, 5.74) is 7.58. The number of nitrogens with two attached hydrogens (primary N) is 1. The zero-order valence-electron chi connectivity index (χ0n) is 11.3. The average Bonchev–Trinajstić information content (AvgIpc) is 2.31. The van der Waals surface area contributed by atoms with Crippen LogP contribution in [0.1, 0.15) is 19.4 Å². The van der Waals surface area contributed by atoms with Crippen molar-refractivity contribution >= 4 is 5.69 Å². The number of hydrogen-bond acceptors (Lipinski definition) is 4. The van der Waals surface area contributed by atoms with Gasteiger partial charge in [0.2, 0.25) is 0 Å². The molecule has 17 heavy (non-hydrogen) atoms. The highest BCUT2D eigenvalue weighted by atomic mass is 16.5. The standard InChI is InChI=1S/C13H22N2O2/c1-9-6-10(16-4)7-11(17-5)12(9)15-13(2,3)8-14/h6-7,15H,8,14H2,1-5H3. The van der Waals surface area contributed by atoms with E-state index in [1.54, 1.807) is 14.2 Å². The monoisotopic (exact) mass is 238 g/mol. The Kier molecular flexibility index (Phi) is 4.23. The highest BCUT2D eigenvalue weighted by Gasteiger charge is 2.19. The lowest BCUT2D eigenvalue weighted by Gasteiger charge is -2.28. The van der Waals surface area contributed by atoms with Crippen molar-refractivity contribution in [1.29, 1.82) is 0 Å². The number of aryl methyl sites for hydroxylation is 1. The van der Waals surface area contributed by atoms with Crippen LogP contribution in [0.2, 0.25) is 0 Å². The number of benzene rings is 1. The lowest BCUT2D eigenvalue weighted by atomic mass is 10.0. The highest BCUT2D eigenvalue weighted by molar-refractivity contribution is 5.65. The van der Waals surface area contributed by atoms with E-state index in [0.717, 1.165) is 22.7 Å². The lowest BCUT2D eigenvalue weighted by molar-refractivity contribution is 0.394. The van der Waals surface area contributed by atoms with Crippen LogP contribution in [0, 0.1) is 6.92 Å². The smallest absolute Gasteiger partial charge is 0.145 e. The maximum atomic E-state index is 5.72. The molecular formula is C13H22N2O2. The largest absolute Gasteiger partial charge is 0.497 e. The second kappa shape index (κ2) is 5.27. The molecule has 0 aliphatic rings. The molecule has 1 rings (SSSR count). The first kappa shape index (κ1) is 13.6. The number of anilines is 1. The van der Waals surface area contributed by atoms with Crippen LogP contribution in [0.5, 0.6) is 11.5 Å². The number of ether oxygens (including phenoxy) is 2. The van der Waals surface area contributed by atoms with Crippen LogP contribution < -0.4 is 20.5 Å². The molecule has 0 aromatic heterocycles. The van der Waals surface area contributed by atoms with E-state index < -0.39 is 0 Å². The van der Waals surface area contributed by atoms with E-state index in [1.807, 2.05) is 19.1 Å². The summed E-state index contributed by atoms with van der Waals surface area (Å²) in [4.78, 5) is 0. The van der Waals surface area contributed by atoms with Gasteiger partial charge in [0.05, 0.1) is 19.9 Å². The Bertz CT molecular complexity index is 389. The van der Waals surface area contributed by atoms with Crippen molar-refractivity contribution in [2.24, 2.45) is 5.73 Å². The summed E-state index contributed by atoms with van der Waals surface area (Å²) in [6.45, 7) is 6.66. The molecule has 96 valence electrons. The van der Waals surface area contributed by atoms with Crippen LogP contribution in [0.15, 0.2) is 12.1 Å². The van der Waals surface area contributed by atoms with Gasteiger partial charge in [-0.05, 0) is 32.4 Å². The summed E-state index contributed by atoms with van der Waals surface area (Å²) in [7, 11) is 3.29. The van der Waals surface area contributed by atoms with E-state index in [9.17, 15) is 0 Å². The van der Waals surface area contributed by atoms with Crippen molar-refractivity contribution in [3.63, 3.8) is 0 Å². The highest BCUT2D eigenvalue weighted by Crippen LogP contribution is 2.34. The van der Waals surface area contributed by atoms with Crippen molar-refractivity contribution in [2.45, 2.75) is 26.3 Å². The third-order valence-electron chi connectivity index (χ3n) is 2.70. The zero-order chi connectivity index (χ0) is 13.1. The summed E-state index contributed by atoms with van der Waals surface area (Å²) < 4.78 is 10.6. The Morgan fingerprint density at radius 1 is 1.24 bits per heavy atom. The van der Waals surface area contributed by atoms with Gasteiger partial charge in [0.15, 0.2) is 0 Å². The van der Waals surface area contributed by atoms with Crippen LogP contribution in [0.25, 0.3) is 0 Å². The Morgan fingerprint density at radius 3 is 2.35 bits per heavy atom. The molecule has 1 aromatic carbocycles. The van der Waals surface area contributed by atoms with Gasteiger partial charge in [-0.25, -0.2) is 0 Å². The third-order valence-corrected chi connectivity index (χ3v) is 2.70. The SMILES string of the molecule is COc1cc(C)c(NC(C)(C)CN)c(OC)c1. The van der Waals surface area contributed by atoms with Gasteiger partial charge in [0, 0.05) is 18.2 Å². The van der Waals surface area contributed by atoms with Gasteiger partial charge >= 0.3 is 0 Å². The Hall–Kier alpha value is -1.42. The Morgan fingerprint density at radius 2 is 1.88 bits per heavy atom. The maximum Gasteiger partial charge on any atom is 0.145 e. The maximum absolute atomic E-state index is 5.72. The molecule has 0 heterocycles. The van der Waals surface area contributed by atoms with Gasteiger partial charge in [0.25, 0.3) is 0 Å². The van der Waals surface area contributed by atoms with Gasteiger partial charge < -0.3 is 20.5 Å². The summed E-state index contributed by atoms with van der Waals surface area (Å²) in [6, 6.07) is 3.83. The summed E-state index contributed by atoms with van der Waals surface area (Å²) in [6.07, 6.45) is 0. The minimum atomic E-state index is -0.174. The number of methoxy groups -OCH3 is 2. The molecule has 0 radical (unpaired) electrons. The minimum absolute atomic E-state index is 0.174. The second-order valence-electron chi connectivity index (χ2n) is 4.73. The first-order valence-corrected chi connectivity index (χ1v) is 5.64. The van der Waals surface area contributed by atoms with Crippen LogP contribution >= 0.6 is 0 Å². The molecule has 0 saturated carbocycles. The van der Waals surface area contributed by atoms with Crippen molar-refractivity contribution in [3.8, 4) is 11.5 Å². The molecule has 0 spiro atoms. The van der Waals surface area contributed by atoms with Crippen molar-refractivity contribution < 1.29 is 9.47 Å². The van der Waals surface area contributed by atoms with Crippen LogP contribution in [0.3, 0.4) is 0 Å². The molecule has 0 saturated heterocycles. The first-order valence-electron chi connectivity index (χ1n) is 5.64. The van der Waals surface area contributed by atoms with Crippen LogP contribution in [-0.4, -0.2) is 26.3 Å². The van der Waals surface area contributed by atoms with E-state index in [0.29, 0.717) is 6.54 Å². The van der Waals surface area contributed by atoms with Crippen LogP contribution in [0.4, 0.5) is 5.69 Å². The van der Waals surface area contributed by atoms with Gasteiger partial charge in [-0.3, -0.25) is 0 Å². The fourth-order valence-electron chi connectivity index (χ4n) is 1.55. The Balaban J connectivity index is 3.14. The third kappa shape index (κ3) is 3.27. The van der Waals surface area contributed by atoms with E-state index in [2.05, 4.69) is 19.2 Å². The fourth-order valence-corrected chi connectivity index (χ4v) is 1.55. The topological polar surface area (TPSA) is 56.5 Å². The molecule has 0 fully saturated rings. The van der Waals surface area contributed by atoms with E-state index >= 15 is 0 Å². The fraction of sp³-hybridized carbons (Fsp3) is 0.538. The molecule has 0 aliphatic carbocycles. The van der Waals surface area contributed by atoms with Gasteiger partial charge in [-0.15, -0.1) is 0 Å². The van der Waals surface area contributed by atoms with Crippen molar-refractivity contribution in [2.75, 3.05) is 26.1 Å². The molecule has 3 N–H and O–H groups in total. The molecule has 0 aliphatic heterocycles. The predicted molar refractivity (Wildman–Crippen MR) is 71.0 cm³/mol. The zero-order valence-corrected chi connectivity index (χ0v) is 11.3. The van der Waals surface area contributed by atoms with Gasteiger partial charge in [0.1, 0.15) is 11.5 Å². The first-order chi connectivity index (χ1) is 7.93. The predicted octanol–water partition coefficient (Wildman–Crippen LogP) is 2.16.